The van der Waals surface area contributed by atoms with Crippen LogP contribution in [0.3, 0.4) is 0 Å². The summed E-state index contributed by atoms with van der Waals surface area (Å²) < 4.78 is 84.1. The minimum absolute atomic E-state index is 0.0266. The lowest BCUT2D eigenvalue weighted by Crippen LogP contribution is -2.37. The number of fused-ring (bicyclic) bond motifs is 1. The van der Waals surface area contributed by atoms with E-state index in [9.17, 15) is 26.4 Å². The van der Waals surface area contributed by atoms with E-state index in [2.05, 4.69) is 0 Å². The summed E-state index contributed by atoms with van der Waals surface area (Å²) in [4.78, 5) is 26.2. The molecule has 0 aliphatic heterocycles. The number of sulfonamides is 2. The van der Waals surface area contributed by atoms with Crippen molar-refractivity contribution in [1.29, 1.82) is 0 Å². The summed E-state index contributed by atoms with van der Waals surface area (Å²) in [6.07, 6.45) is -0.711. The van der Waals surface area contributed by atoms with Gasteiger partial charge in [-0.3, -0.25) is 4.90 Å². The fourth-order valence-electron chi connectivity index (χ4n) is 5.29. The minimum atomic E-state index is -4.82. The summed E-state index contributed by atoms with van der Waals surface area (Å²) >= 11 is 0. The number of amides is 1. The number of methoxy groups -OCH3 is 1. The van der Waals surface area contributed by atoms with Gasteiger partial charge in [0.1, 0.15) is 12.2 Å². The van der Waals surface area contributed by atoms with Crippen LogP contribution in [0.4, 0.5) is 16.2 Å². The molecule has 13 nitrogen and oxygen atoms in total. The van der Waals surface area contributed by atoms with Crippen molar-refractivity contribution < 1.29 is 45.0 Å². The quantitative estimate of drug-likeness (QED) is 0.0868. The van der Waals surface area contributed by atoms with Crippen molar-refractivity contribution in [3.63, 3.8) is 0 Å². The highest BCUT2D eigenvalue weighted by Crippen LogP contribution is 2.34. The monoisotopic (exact) mass is 764 g/mol. The maximum atomic E-state index is 14.4. The Bertz CT molecular complexity index is 2330. The average Bonchev–Trinajstić information content (AvgIpc) is 3.14. The second-order valence-electron chi connectivity index (χ2n) is 11.9. The van der Waals surface area contributed by atoms with E-state index >= 15 is 0 Å². The molecule has 15 heteroatoms. The van der Waals surface area contributed by atoms with E-state index in [1.807, 2.05) is 19.1 Å². The van der Waals surface area contributed by atoms with E-state index < -0.39 is 31.8 Å². The first-order valence-electron chi connectivity index (χ1n) is 16.5. The van der Waals surface area contributed by atoms with Gasteiger partial charge in [-0.05, 0) is 85.6 Å². The lowest BCUT2D eigenvalue weighted by Gasteiger charge is -2.25. The number of aryl methyl sites for hydroxylation is 2. The zero-order valence-corrected chi connectivity index (χ0v) is 31.3. The Labute approximate surface area is 308 Å². The highest BCUT2D eigenvalue weighted by molar-refractivity contribution is 8.10. The summed E-state index contributed by atoms with van der Waals surface area (Å²) in [5.41, 5.74) is 2.06. The fourth-order valence-corrected chi connectivity index (χ4v) is 8.97. The Morgan fingerprint density at radius 3 is 1.87 bits per heavy atom. The van der Waals surface area contributed by atoms with E-state index in [0.717, 1.165) is 11.1 Å². The first-order chi connectivity index (χ1) is 25.3. The maximum absolute atomic E-state index is 14.4. The lowest BCUT2D eigenvalue weighted by atomic mass is 10.0. The molecule has 0 radical (unpaired) electrons. The number of carbonyl (C=O) groups excluding carboxylic acids is 1. The second kappa shape index (κ2) is 17.2. The van der Waals surface area contributed by atoms with Gasteiger partial charge in [0.25, 0.3) is 20.0 Å². The Hall–Kier alpha value is -5.06. The van der Waals surface area contributed by atoms with Gasteiger partial charge in [0.05, 0.1) is 54.1 Å². The van der Waals surface area contributed by atoms with Crippen LogP contribution in [0.15, 0.2) is 116 Å². The Morgan fingerprint density at radius 1 is 0.679 bits per heavy atom. The van der Waals surface area contributed by atoms with Gasteiger partial charge in [-0.1, -0.05) is 42.0 Å². The largest absolute Gasteiger partial charge is 0.447 e. The van der Waals surface area contributed by atoms with Gasteiger partial charge >= 0.3 is 11.7 Å². The number of nitrogens with zero attached hydrogens (tertiary/aromatic N) is 2. The van der Waals surface area contributed by atoms with E-state index in [1.54, 1.807) is 44.4 Å². The summed E-state index contributed by atoms with van der Waals surface area (Å²) in [6.45, 7) is 5.33. The van der Waals surface area contributed by atoms with Gasteiger partial charge < -0.3 is 23.4 Å². The van der Waals surface area contributed by atoms with Crippen LogP contribution in [0.1, 0.15) is 11.1 Å². The van der Waals surface area contributed by atoms with Crippen LogP contribution in [0, 0.1) is 13.8 Å². The van der Waals surface area contributed by atoms with Crippen LogP contribution in [-0.4, -0.2) is 76.7 Å². The smallest absolute Gasteiger partial charge is 0.414 e. The van der Waals surface area contributed by atoms with Crippen LogP contribution in [0.25, 0.3) is 22.1 Å². The number of hydrogen-bond acceptors (Lipinski definition) is 11. The van der Waals surface area contributed by atoms with Crippen molar-refractivity contribution >= 4 is 48.5 Å². The molecular formula is C38H40N2O11S2. The molecule has 53 heavy (non-hydrogen) atoms. The van der Waals surface area contributed by atoms with E-state index in [0.29, 0.717) is 46.8 Å². The zero-order valence-electron chi connectivity index (χ0n) is 29.7. The summed E-state index contributed by atoms with van der Waals surface area (Å²) in [5, 5.41) is 0.302. The third kappa shape index (κ3) is 9.12. The Morgan fingerprint density at radius 2 is 1.25 bits per heavy atom. The molecule has 0 saturated heterocycles. The van der Waals surface area contributed by atoms with Crippen molar-refractivity contribution in [2.45, 2.75) is 23.6 Å². The van der Waals surface area contributed by atoms with E-state index in [-0.39, 0.29) is 39.8 Å². The van der Waals surface area contributed by atoms with Crippen molar-refractivity contribution in [3.05, 3.63) is 119 Å². The molecule has 0 N–H and O–H groups in total. The maximum Gasteiger partial charge on any atom is 0.414 e. The Balaban J connectivity index is 1.43. The molecule has 0 saturated carbocycles. The predicted octanol–water partition coefficient (Wildman–Crippen LogP) is 5.91. The van der Waals surface area contributed by atoms with E-state index in [4.69, 9.17) is 23.4 Å². The van der Waals surface area contributed by atoms with E-state index in [1.165, 1.54) is 66.5 Å². The van der Waals surface area contributed by atoms with Crippen molar-refractivity contribution in [2.24, 2.45) is 0 Å². The average molecular weight is 765 g/mol. The molecule has 0 bridgehead atoms. The van der Waals surface area contributed by atoms with Crippen LogP contribution in [0.2, 0.25) is 0 Å². The molecule has 5 aromatic rings. The minimum Gasteiger partial charge on any atom is -0.447 e. The molecule has 0 aliphatic carbocycles. The van der Waals surface area contributed by atoms with Crippen LogP contribution < -0.4 is 14.2 Å². The molecule has 0 fully saturated rings. The molecule has 0 atom stereocenters. The highest BCUT2D eigenvalue weighted by atomic mass is 32.3. The van der Waals surface area contributed by atoms with Gasteiger partial charge in [0.2, 0.25) is 0 Å². The van der Waals surface area contributed by atoms with Crippen molar-refractivity contribution in [3.8, 4) is 11.1 Å². The second-order valence-corrected chi connectivity index (χ2v) is 15.7. The topological polar surface area (TPSA) is 159 Å². The van der Waals surface area contributed by atoms with Gasteiger partial charge in [0.15, 0.2) is 0 Å². The van der Waals surface area contributed by atoms with Crippen LogP contribution in [0.5, 0.6) is 0 Å². The number of rotatable bonds is 16. The summed E-state index contributed by atoms with van der Waals surface area (Å²) in [6, 6.07) is 23.6. The lowest BCUT2D eigenvalue weighted by molar-refractivity contribution is 0.0137. The summed E-state index contributed by atoms with van der Waals surface area (Å²) in [5.74, 6) is 0. The molecule has 0 aliphatic rings. The molecule has 1 aromatic heterocycles. The Kier molecular flexibility index (Phi) is 12.7. The van der Waals surface area contributed by atoms with Crippen molar-refractivity contribution in [2.75, 3.05) is 62.4 Å². The molecule has 0 unspecified atom stereocenters. The first-order valence-corrected chi connectivity index (χ1v) is 19.4. The SMILES string of the molecule is COCCOCCOCCOC(=O)N(C)c1ccc(S(=O)(=O)N(c2ccc3oc(=O)c(-c4ccccc4C)cc3c2)S(=O)(=O)c2ccc(C)cc2)cc1. The van der Waals surface area contributed by atoms with Crippen LogP contribution >= 0.6 is 0 Å². The fraction of sp³-hybridized carbons (Fsp3) is 0.263. The molecule has 1 heterocycles. The third-order valence-electron chi connectivity index (χ3n) is 8.17. The molecule has 5 rings (SSSR count). The van der Waals surface area contributed by atoms with Crippen LogP contribution in [-0.2, 0) is 39.0 Å². The normalized spacial score (nSPS) is 11.8. The predicted molar refractivity (Wildman–Crippen MR) is 200 cm³/mol. The number of anilines is 2. The number of benzene rings is 4. The molecule has 1 amide bonds. The third-order valence-corrected chi connectivity index (χ3v) is 12.4. The molecule has 0 spiro atoms. The standard InChI is InChI=1S/C38H40N2O11S2/c1-27-9-14-32(15-10-27)52(43,44)40(31-13-18-36-29(25-31)26-35(37(41)51-36)34-8-6-5-7-28(34)2)53(45,46)33-16-11-30(12-17-33)39(3)38(42)50-24-23-49-22-21-48-20-19-47-4/h5-18,25-26H,19-24H2,1-4H3. The van der Waals surface area contributed by atoms with Crippen molar-refractivity contribution in [1.82, 2.24) is 0 Å². The number of carbonyl (C=O) groups is 1. The number of hydrogen-bond donors (Lipinski definition) is 0. The number of ether oxygens (including phenoxy) is 4. The van der Waals surface area contributed by atoms with Gasteiger partial charge in [-0.2, -0.15) is 3.71 Å². The molecule has 4 aromatic carbocycles. The van der Waals surface area contributed by atoms with Gasteiger partial charge in [-0.15, -0.1) is 0 Å². The van der Waals surface area contributed by atoms with Gasteiger partial charge in [-0.25, -0.2) is 26.4 Å². The molecular weight excluding hydrogens is 725 g/mol. The van der Waals surface area contributed by atoms with Gasteiger partial charge in [0, 0.05) is 25.2 Å². The molecule has 280 valence electrons. The highest BCUT2D eigenvalue weighted by Gasteiger charge is 2.37. The zero-order chi connectivity index (χ0) is 38.2. The first kappa shape index (κ1) is 39.2. The summed E-state index contributed by atoms with van der Waals surface area (Å²) in [7, 11) is -6.54.